The highest BCUT2D eigenvalue weighted by atomic mass is 16.5. The van der Waals surface area contributed by atoms with Gasteiger partial charge in [0.25, 0.3) is 0 Å². The van der Waals surface area contributed by atoms with Crippen molar-refractivity contribution >= 4 is 0 Å². The number of hydrogen-bond acceptors (Lipinski definition) is 1. The van der Waals surface area contributed by atoms with E-state index in [-0.39, 0.29) is 12.2 Å². The first kappa shape index (κ1) is 13.8. The fraction of sp³-hybridized carbons (Fsp3) is 0.333. The Labute approximate surface area is 116 Å². The molecule has 0 radical (unpaired) electrons. The van der Waals surface area contributed by atoms with Crippen LogP contribution in [0.4, 0.5) is 0 Å². The Morgan fingerprint density at radius 2 is 1.05 bits per heavy atom. The third kappa shape index (κ3) is 4.88. The maximum Gasteiger partial charge on any atom is 0.0591 e. The van der Waals surface area contributed by atoms with Crippen LogP contribution in [0.15, 0.2) is 60.7 Å². The standard InChI is InChI=1S/C18H22O/c1-15(13-17-9-5-3-6-10-17)19-16(2)14-18-11-7-4-8-12-18/h3-12,15-16H,13-14H2,1-2H3. The highest BCUT2D eigenvalue weighted by Crippen LogP contribution is 2.11. The van der Waals surface area contributed by atoms with E-state index in [4.69, 9.17) is 4.74 Å². The first-order valence-electron chi connectivity index (χ1n) is 6.97. The summed E-state index contributed by atoms with van der Waals surface area (Å²) in [4.78, 5) is 0. The lowest BCUT2D eigenvalue weighted by Gasteiger charge is -2.19. The average molecular weight is 254 g/mol. The van der Waals surface area contributed by atoms with Crippen LogP contribution in [0, 0.1) is 0 Å². The predicted molar refractivity (Wildman–Crippen MR) is 80.3 cm³/mol. The molecule has 2 aromatic carbocycles. The van der Waals surface area contributed by atoms with E-state index >= 15 is 0 Å². The van der Waals surface area contributed by atoms with Gasteiger partial charge in [-0.25, -0.2) is 0 Å². The Morgan fingerprint density at radius 3 is 1.42 bits per heavy atom. The fourth-order valence-corrected chi connectivity index (χ4v) is 2.38. The molecular weight excluding hydrogens is 232 g/mol. The smallest absolute Gasteiger partial charge is 0.0591 e. The topological polar surface area (TPSA) is 9.23 Å². The summed E-state index contributed by atoms with van der Waals surface area (Å²) in [5.41, 5.74) is 2.67. The van der Waals surface area contributed by atoms with Crippen LogP contribution in [0.5, 0.6) is 0 Å². The van der Waals surface area contributed by atoms with E-state index in [2.05, 4.69) is 62.4 Å². The second kappa shape index (κ2) is 7.10. The molecule has 2 rings (SSSR count). The van der Waals surface area contributed by atoms with E-state index in [1.54, 1.807) is 0 Å². The molecule has 0 N–H and O–H groups in total. The van der Waals surface area contributed by atoms with E-state index in [1.807, 2.05) is 12.1 Å². The van der Waals surface area contributed by atoms with Gasteiger partial charge in [-0.2, -0.15) is 0 Å². The van der Waals surface area contributed by atoms with Crippen LogP contribution in [0.25, 0.3) is 0 Å². The Kier molecular flexibility index (Phi) is 5.17. The minimum atomic E-state index is 0.251. The zero-order valence-electron chi connectivity index (χ0n) is 11.8. The Hall–Kier alpha value is -1.60. The number of ether oxygens (including phenoxy) is 1. The lowest BCUT2D eigenvalue weighted by atomic mass is 10.1. The Balaban J connectivity index is 1.80. The molecule has 2 atom stereocenters. The van der Waals surface area contributed by atoms with Crippen LogP contribution in [0.1, 0.15) is 25.0 Å². The van der Waals surface area contributed by atoms with Gasteiger partial charge in [-0.15, -0.1) is 0 Å². The number of hydrogen-bond donors (Lipinski definition) is 0. The molecule has 100 valence electrons. The van der Waals surface area contributed by atoms with Gasteiger partial charge in [0, 0.05) is 0 Å². The summed E-state index contributed by atoms with van der Waals surface area (Å²) in [6, 6.07) is 21.0. The number of benzene rings is 2. The quantitative estimate of drug-likeness (QED) is 0.748. The van der Waals surface area contributed by atoms with Gasteiger partial charge in [-0.3, -0.25) is 0 Å². The Morgan fingerprint density at radius 1 is 0.684 bits per heavy atom. The molecule has 0 aromatic heterocycles. The zero-order chi connectivity index (χ0) is 13.5. The van der Waals surface area contributed by atoms with Crippen LogP contribution in [0.3, 0.4) is 0 Å². The SMILES string of the molecule is CC(Cc1ccccc1)OC(C)Cc1ccccc1. The van der Waals surface area contributed by atoms with E-state index in [0.29, 0.717) is 0 Å². The van der Waals surface area contributed by atoms with Gasteiger partial charge in [0.15, 0.2) is 0 Å². The summed E-state index contributed by atoms with van der Waals surface area (Å²) in [6.07, 6.45) is 2.45. The molecule has 2 aromatic rings. The van der Waals surface area contributed by atoms with Crippen molar-refractivity contribution in [3.05, 3.63) is 71.8 Å². The summed E-state index contributed by atoms with van der Waals surface area (Å²) in [6.45, 7) is 4.29. The van der Waals surface area contributed by atoms with Crippen LogP contribution >= 0.6 is 0 Å². The highest BCUT2D eigenvalue weighted by Gasteiger charge is 2.10. The summed E-state index contributed by atoms with van der Waals surface area (Å²) < 4.78 is 6.06. The Bertz CT molecular complexity index is 418. The molecule has 0 amide bonds. The lowest BCUT2D eigenvalue weighted by molar-refractivity contribution is 0.00945. The molecule has 2 unspecified atom stereocenters. The molecule has 1 heteroatoms. The van der Waals surface area contributed by atoms with Crippen molar-refractivity contribution in [1.29, 1.82) is 0 Å². The maximum absolute atomic E-state index is 6.06. The molecule has 0 heterocycles. The van der Waals surface area contributed by atoms with Crippen LogP contribution in [0.2, 0.25) is 0 Å². The molecule has 0 saturated heterocycles. The van der Waals surface area contributed by atoms with Crippen molar-refractivity contribution in [2.75, 3.05) is 0 Å². The van der Waals surface area contributed by atoms with Gasteiger partial charge in [0.1, 0.15) is 0 Å². The number of rotatable bonds is 6. The van der Waals surface area contributed by atoms with Gasteiger partial charge in [-0.1, -0.05) is 60.7 Å². The zero-order valence-corrected chi connectivity index (χ0v) is 11.8. The lowest BCUT2D eigenvalue weighted by Crippen LogP contribution is -2.21. The summed E-state index contributed by atoms with van der Waals surface area (Å²) in [7, 11) is 0. The summed E-state index contributed by atoms with van der Waals surface area (Å²) in [5, 5.41) is 0. The van der Waals surface area contributed by atoms with E-state index < -0.39 is 0 Å². The molecular formula is C18H22O. The minimum Gasteiger partial charge on any atom is -0.375 e. The monoisotopic (exact) mass is 254 g/mol. The van der Waals surface area contributed by atoms with E-state index in [1.165, 1.54) is 11.1 Å². The third-order valence-corrected chi connectivity index (χ3v) is 3.20. The average Bonchev–Trinajstić information content (AvgIpc) is 2.40. The molecule has 0 bridgehead atoms. The van der Waals surface area contributed by atoms with Crippen LogP contribution in [-0.2, 0) is 17.6 Å². The molecule has 0 fully saturated rings. The van der Waals surface area contributed by atoms with Crippen molar-refractivity contribution in [1.82, 2.24) is 0 Å². The molecule has 19 heavy (non-hydrogen) atoms. The highest BCUT2D eigenvalue weighted by molar-refractivity contribution is 5.16. The van der Waals surface area contributed by atoms with Crippen LogP contribution < -0.4 is 0 Å². The second-order valence-electron chi connectivity index (χ2n) is 5.14. The molecule has 0 spiro atoms. The van der Waals surface area contributed by atoms with Crippen molar-refractivity contribution in [3.8, 4) is 0 Å². The van der Waals surface area contributed by atoms with Gasteiger partial charge in [0.05, 0.1) is 12.2 Å². The van der Waals surface area contributed by atoms with Crippen molar-refractivity contribution in [2.24, 2.45) is 0 Å². The van der Waals surface area contributed by atoms with Gasteiger partial charge >= 0.3 is 0 Å². The molecule has 0 aliphatic carbocycles. The van der Waals surface area contributed by atoms with Crippen molar-refractivity contribution in [3.63, 3.8) is 0 Å². The molecule has 0 saturated carbocycles. The fourth-order valence-electron chi connectivity index (χ4n) is 2.38. The largest absolute Gasteiger partial charge is 0.375 e. The minimum absolute atomic E-state index is 0.251. The van der Waals surface area contributed by atoms with Gasteiger partial charge in [0.2, 0.25) is 0 Å². The first-order chi connectivity index (χ1) is 9.24. The second-order valence-corrected chi connectivity index (χ2v) is 5.14. The summed E-state index contributed by atoms with van der Waals surface area (Å²) >= 11 is 0. The normalized spacial score (nSPS) is 14.0. The van der Waals surface area contributed by atoms with E-state index in [9.17, 15) is 0 Å². The van der Waals surface area contributed by atoms with Crippen molar-refractivity contribution < 1.29 is 4.74 Å². The summed E-state index contributed by atoms with van der Waals surface area (Å²) in [5.74, 6) is 0. The molecule has 0 aliphatic heterocycles. The first-order valence-corrected chi connectivity index (χ1v) is 6.97. The van der Waals surface area contributed by atoms with Crippen LogP contribution in [-0.4, -0.2) is 12.2 Å². The van der Waals surface area contributed by atoms with Gasteiger partial charge in [-0.05, 0) is 37.8 Å². The molecule has 0 aliphatic rings. The third-order valence-electron chi connectivity index (χ3n) is 3.20. The van der Waals surface area contributed by atoms with Gasteiger partial charge < -0.3 is 4.74 Å². The maximum atomic E-state index is 6.06. The van der Waals surface area contributed by atoms with Crippen molar-refractivity contribution in [2.45, 2.75) is 38.9 Å². The molecule has 1 nitrogen and oxygen atoms in total. The predicted octanol–water partition coefficient (Wildman–Crippen LogP) is 4.27. The van der Waals surface area contributed by atoms with E-state index in [0.717, 1.165) is 12.8 Å².